The Kier molecular flexibility index (Phi) is 6.72. The molecule has 6 nitrogen and oxygen atoms in total. The van der Waals surface area contributed by atoms with Crippen LogP contribution in [0.15, 0.2) is 30.3 Å². The average Bonchev–Trinajstić information content (AvgIpc) is 2.58. The molecule has 0 bridgehead atoms. The van der Waals surface area contributed by atoms with Crippen LogP contribution in [0.25, 0.3) is 0 Å². The van der Waals surface area contributed by atoms with Crippen LogP contribution in [0.3, 0.4) is 0 Å². The summed E-state index contributed by atoms with van der Waals surface area (Å²) in [7, 11) is 0. The van der Waals surface area contributed by atoms with E-state index < -0.39 is 12.2 Å². The maximum atomic E-state index is 11.7. The fourth-order valence-electron chi connectivity index (χ4n) is 2.79. The predicted octanol–water partition coefficient (Wildman–Crippen LogP) is 3.41. The zero-order chi connectivity index (χ0) is 16.5. The van der Waals surface area contributed by atoms with Gasteiger partial charge in [0.05, 0.1) is 6.61 Å². The first-order chi connectivity index (χ1) is 11.1. The molecule has 1 aromatic carbocycles. The summed E-state index contributed by atoms with van der Waals surface area (Å²) >= 11 is 0. The Labute approximate surface area is 135 Å². The van der Waals surface area contributed by atoms with Crippen molar-refractivity contribution >= 4 is 12.2 Å². The summed E-state index contributed by atoms with van der Waals surface area (Å²) in [6.07, 6.45) is 2.18. The minimum atomic E-state index is -1.21. The van der Waals surface area contributed by atoms with Crippen molar-refractivity contribution in [3.8, 4) is 0 Å². The molecule has 0 spiro atoms. The van der Waals surface area contributed by atoms with Crippen LogP contribution >= 0.6 is 0 Å². The van der Waals surface area contributed by atoms with E-state index in [0.717, 1.165) is 31.2 Å². The number of nitrogens with one attached hydrogen (secondary N) is 1. The van der Waals surface area contributed by atoms with E-state index in [-0.39, 0.29) is 13.2 Å². The van der Waals surface area contributed by atoms with Crippen molar-refractivity contribution in [1.29, 1.82) is 0 Å². The van der Waals surface area contributed by atoms with E-state index in [1.165, 1.54) is 0 Å². The van der Waals surface area contributed by atoms with Crippen molar-refractivity contribution in [2.24, 2.45) is 11.8 Å². The Morgan fingerprint density at radius 3 is 2.35 bits per heavy atom. The summed E-state index contributed by atoms with van der Waals surface area (Å²) in [6.45, 7) is 1.14. The van der Waals surface area contributed by atoms with Crippen LogP contribution < -0.4 is 5.32 Å². The van der Waals surface area contributed by atoms with E-state index in [1.54, 1.807) is 0 Å². The molecule has 1 amide bonds. The third-order valence-corrected chi connectivity index (χ3v) is 4.16. The van der Waals surface area contributed by atoms with Crippen molar-refractivity contribution in [1.82, 2.24) is 5.32 Å². The van der Waals surface area contributed by atoms with Gasteiger partial charge in [-0.15, -0.1) is 0 Å². The van der Waals surface area contributed by atoms with Crippen LogP contribution in [0, 0.1) is 11.8 Å². The highest BCUT2D eigenvalue weighted by Crippen LogP contribution is 2.28. The summed E-state index contributed by atoms with van der Waals surface area (Å²) in [5, 5.41) is 11.3. The molecule has 0 unspecified atom stereocenters. The number of alkyl carbamates (subject to hydrolysis) is 1. The van der Waals surface area contributed by atoms with Crippen LogP contribution in [0.4, 0.5) is 9.59 Å². The van der Waals surface area contributed by atoms with Crippen LogP contribution in [0.5, 0.6) is 0 Å². The highest BCUT2D eigenvalue weighted by molar-refractivity contribution is 5.67. The summed E-state index contributed by atoms with van der Waals surface area (Å²) in [5.41, 5.74) is 0.960. The Bertz CT molecular complexity index is 497. The van der Waals surface area contributed by atoms with Crippen molar-refractivity contribution < 1.29 is 24.2 Å². The predicted molar refractivity (Wildman–Crippen MR) is 84.1 cm³/mol. The molecule has 126 valence electrons. The van der Waals surface area contributed by atoms with Gasteiger partial charge in [0.2, 0.25) is 0 Å². The molecule has 0 heterocycles. The van der Waals surface area contributed by atoms with Crippen LogP contribution in [0.1, 0.15) is 31.2 Å². The monoisotopic (exact) mass is 321 g/mol. The fraction of sp³-hybridized carbons (Fsp3) is 0.529. The standard InChI is InChI=1S/C17H23NO5/c19-16(22-11-14-4-2-1-3-5-14)18-10-13-6-8-15(9-7-13)12-23-17(20)21/h1-5,13,15H,6-12H2,(H,18,19)(H,20,21)/t13-,15-. The molecule has 2 rings (SSSR count). The number of benzene rings is 1. The van der Waals surface area contributed by atoms with Gasteiger partial charge >= 0.3 is 12.2 Å². The van der Waals surface area contributed by atoms with Crippen LogP contribution in [-0.2, 0) is 16.1 Å². The number of carbonyl (C=O) groups excluding carboxylic acids is 1. The van der Waals surface area contributed by atoms with Gasteiger partial charge in [0.1, 0.15) is 6.61 Å². The van der Waals surface area contributed by atoms with E-state index in [2.05, 4.69) is 10.1 Å². The smallest absolute Gasteiger partial charge is 0.450 e. The average molecular weight is 321 g/mol. The number of carboxylic acid groups (broad SMARTS) is 1. The molecule has 1 aliphatic carbocycles. The van der Waals surface area contributed by atoms with E-state index in [0.29, 0.717) is 18.4 Å². The quantitative estimate of drug-likeness (QED) is 0.784. The van der Waals surface area contributed by atoms with E-state index in [4.69, 9.17) is 9.84 Å². The maximum Gasteiger partial charge on any atom is 0.505 e. The lowest BCUT2D eigenvalue weighted by molar-refractivity contribution is 0.0661. The number of hydrogen-bond donors (Lipinski definition) is 2. The van der Waals surface area contributed by atoms with Gasteiger partial charge in [-0.1, -0.05) is 30.3 Å². The van der Waals surface area contributed by atoms with Gasteiger partial charge in [-0.25, -0.2) is 9.59 Å². The zero-order valence-corrected chi connectivity index (χ0v) is 13.1. The molecular weight excluding hydrogens is 298 g/mol. The lowest BCUT2D eigenvalue weighted by atomic mass is 9.82. The first-order valence-electron chi connectivity index (χ1n) is 7.93. The van der Waals surface area contributed by atoms with E-state index >= 15 is 0 Å². The Balaban J connectivity index is 1.58. The van der Waals surface area contributed by atoms with E-state index in [1.807, 2.05) is 30.3 Å². The van der Waals surface area contributed by atoms with E-state index in [9.17, 15) is 9.59 Å². The second-order valence-electron chi connectivity index (χ2n) is 5.91. The lowest BCUT2D eigenvalue weighted by Crippen LogP contribution is -2.32. The molecule has 0 saturated heterocycles. The molecule has 23 heavy (non-hydrogen) atoms. The van der Waals surface area contributed by atoms with Crippen LogP contribution in [0.2, 0.25) is 0 Å². The molecule has 0 aromatic heterocycles. The number of carbonyl (C=O) groups is 2. The van der Waals surface area contributed by atoms with Crippen molar-refractivity contribution in [3.63, 3.8) is 0 Å². The van der Waals surface area contributed by atoms with Gasteiger partial charge in [0.15, 0.2) is 0 Å². The van der Waals surface area contributed by atoms with Gasteiger partial charge in [-0.2, -0.15) is 0 Å². The largest absolute Gasteiger partial charge is 0.505 e. The first kappa shape index (κ1) is 17.1. The number of hydrogen-bond acceptors (Lipinski definition) is 4. The zero-order valence-electron chi connectivity index (χ0n) is 13.1. The maximum absolute atomic E-state index is 11.7. The van der Waals surface area contributed by atoms with Crippen molar-refractivity contribution in [2.45, 2.75) is 32.3 Å². The lowest BCUT2D eigenvalue weighted by Gasteiger charge is -2.27. The minimum absolute atomic E-state index is 0.270. The molecule has 1 saturated carbocycles. The van der Waals surface area contributed by atoms with Gasteiger partial charge < -0.3 is 19.9 Å². The molecule has 0 atom stereocenters. The Morgan fingerprint density at radius 2 is 1.70 bits per heavy atom. The second kappa shape index (κ2) is 9.02. The summed E-state index contributed by atoms with van der Waals surface area (Å²) in [6, 6.07) is 9.55. The first-order valence-corrected chi connectivity index (χ1v) is 7.93. The molecule has 0 radical (unpaired) electrons. The normalized spacial score (nSPS) is 20.5. The molecule has 1 fully saturated rings. The highest BCUT2D eigenvalue weighted by Gasteiger charge is 2.22. The summed E-state index contributed by atoms with van der Waals surface area (Å²) in [5.74, 6) is 0.715. The number of ether oxygens (including phenoxy) is 2. The van der Waals surface area contributed by atoms with Crippen LogP contribution in [-0.4, -0.2) is 30.5 Å². The Hall–Kier alpha value is -2.24. The van der Waals surface area contributed by atoms with Gasteiger partial charge in [-0.3, -0.25) is 0 Å². The highest BCUT2D eigenvalue weighted by atomic mass is 16.7. The molecule has 0 aliphatic heterocycles. The molecule has 6 heteroatoms. The van der Waals surface area contributed by atoms with Gasteiger partial charge in [-0.05, 0) is 43.1 Å². The topological polar surface area (TPSA) is 84.9 Å². The molecule has 1 aromatic rings. The SMILES string of the molecule is O=C(O)OC[C@H]1CC[C@H](CNC(=O)OCc2ccccc2)CC1. The minimum Gasteiger partial charge on any atom is -0.450 e. The third-order valence-electron chi connectivity index (χ3n) is 4.16. The van der Waals surface area contributed by atoms with Crippen molar-refractivity contribution in [2.75, 3.05) is 13.2 Å². The summed E-state index contributed by atoms with van der Waals surface area (Å²) in [4.78, 5) is 22.0. The second-order valence-corrected chi connectivity index (χ2v) is 5.91. The third kappa shape index (κ3) is 6.59. The molecule has 2 N–H and O–H groups in total. The number of rotatable bonds is 6. The Morgan fingerprint density at radius 1 is 1.04 bits per heavy atom. The van der Waals surface area contributed by atoms with Gasteiger partial charge in [0.25, 0.3) is 0 Å². The number of amides is 1. The van der Waals surface area contributed by atoms with Gasteiger partial charge in [0, 0.05) is 6.54 Å². The fourth-order valence-corrected chi connectivity index (χ4v) is 2.79. The molecule has 1 aliphatic rings. The molecular formula is C17H23NO5. The van der Waals surface area contributed by atoms with Crippen molar-refractivity contribution in [3.05, 3.63) is 35.9 Å². The summed E-state index contributed by atoms with van der Waals surface area (Å²) < 4.78 is 9.79.